The van der Waals surface area contributed by atoms with Crippen LogP contribution in [0, 0.1) is 0 Å². The predicted octanol–water partition coefficient (Wildman–Crippen LogP) is 2.29. The van der Waals surface area contributed by atoms with Gasteiger partial charge in [0.05, 0.1) is 13.2 Å². The molecule has 1 aromatic carbocycles. The molecule has 0 aliphatic rings. The number of halogens is 1. The van der Waals surface area contributed by atoms with Crippen molar-refractivity contribution in [2.24, 2.45) is 5.73 Å². The van der Waals surface area contributed by atoms with Crippen LogP contribution in [0.25, 0.3) is 0 Å². The molecule has 0 aliphatic heterocycles. The van der Waals surface area contributed by atoms with E-state index in [1.54, 1.807) is 0 Å². The molecule has 0 spiro atoms. The summed E-state index contributed by atoms with van der Waals surface area (Å²) in [5.41, 5.74) is 6.22. The van der Waals surface area contributed by atoms with E-state index in [1.807, 2.05) is 51.1 Å². The largest absolute Gasteiger partial charge is 0.459 e. The summed E-state index contributed by atoms with van der Waals surface area (Å²) in [6.07, 6.45) is 0. The number of carbonyl (C=O) groups is 1. The Labute approximate surface area is 120 Å². The fourth-order valence-electron chi connectivity index (χ4n) is 1.32. The van der Waals surface area contributed by atoms with Crippen LogP contribution in [0.1, 0.15) is 26.3 Å². The Morgan fingerprint density at radius 1 is 1.26 bits per heavy atom. The lowest BCUT2D eigenvalue weighted by Gasteiger charge is -2.22. The first kappa shape index (κ1) is 17.9. The van der Waals surface area contributed by atoms with E-state index >= 15 is 0 Å². The first-order chi connectivity index (χ1) is 8.38. The monoisotopic (exact) mass is 287 g/mol. The molecule has 2 N–H and O–H groups in total. The van der Waals surface area contributed by atoms with E-state index in [1.165, 1.54) is 0 Å². The molecule has 0 aliphatic carbocycles. The van der Waals surface area contributed by atoms with Crippen molar-refractivity contribution < 1.29 is 14.3 Å². The SMILES string of the molecule is CC(C)(C)OC(=O)C(N)COCc1ccccc1.Cl. The minimum Gasteiger partial charge on any atom is -0.459 e. The van der Waals surface area contributed by atoms with Gasteiger partial charge in [-0.15, -0.1) is 12.4 Å². The number of ether oxygens (including phenoxy) is 2. The highest BCUT2D eigenvalue weighted by Gasteiger charge is 2.22. The summed E-state index contributed by atoms with van der Waals surface area (Å²) in [6.45, 7) is 6.02. The second-order valence-electron chi connectivity index (χ2n) is 5.14. The van der Waals surface area contributed by atoms with Gasteiger partial charge in [-0.3, -0.25) is 4.79 Å². The van der Waals surface area contributed by atoms with Gasteiger partial charge in [-0.05, 0) is 26.3 Å². The van der Waals surface area contributed by atoms with Gasteiger partial charge in [0.2, 0.25) is 0 Å². The van der Waals surface area contributed by atoms with Crippen molar-refractivity contribution in [2.45, 2.75) is 39.0 Å². The lowest BCUT2D eigenvalue weighted by molar-refractivity contribution is -0.158. The smallest absolute Gasteiger partial charge is 0.325 e. The normalized spacial score (nSPS) is 12.4. The zero-order chi connectivity index (χ0) is 13.6. The van der Waals surface area contributed by atoms with Crippen LogP contribution in [-0.2, 0) is 20.9 Å². The van der Waals surface area contributed by atoms with Crippen molar-refractivity contribution in [1.82, 2.24) is 0 Å². The molecule has 0 aromatic heterocycles. The van der Waals surface area contributed by atoms with E-state index in [2.05, 4.69) is 0 Å². The third-order valence-corrected chi connectivity index (χ3v) is 2.12. The number of esters is 1. The van der Waals surface area contributed by atoms with Gasteiger partial charge in [-0.1, -0.05) is 30.3 Å². The van der Waals surface area contributed by atoms with E-state index < -0.39 is 17.6 Å². The van der Waals surface area contributed by atoms with Gasteiger partial charge in [0.15, 0.2) is 0 Å². The summed E-state index contributed by atoms with van der Waals surface area (Å²) in [5, 5.41) is 0. The number of carbonyl (C=O) groups excluding carboxylic acids is 1. The molecule has 1 aromatic rings. The Hall–Kier alpha value is -1.10. The molecule has 19 heavy (non-hydrogen) atoms. The van der Waals surface area contributed by atoms with Gasteiger partial charge in [0, 0.05) is 0 Å². The molecular weight excluding hydrogens is 266 g/mol. The van der Waals surface area contributed by atoms with E-state index in [-0.39, 0.29) is 19.0 Å². The van der Waals surface area contributed by atoms with Gasteiger partial charge in [0.25, 0.3) is 0 Å². The molecule has 1 atom stereocenters. The summed E-state index contributed by atoms with van der Waals surface area (Å²) < 4.78 is 10.5. The highest BCUT2D eigenvalue weighted by Crippen LogP contribution is 2.08. The van der Waals surface area contributed by atoms with Crippen molar-refractivity contribution in [2.75, 3.05) is 6.61 Å². The van der Waals surface area contributed by atoms with Crippen LogP contribution >= 0.6 is 12.4 Å². The molecule has 0 amide bonds. The molecular formula is C14H22ClNO3. The number of rotatable bonds is 5. The Bertz CT molecular complexity index is 376. The average Bonchev–Trinajstić information content (AvgIpc) is 2.28. The Morgan fingerprint density at radius 2 is 1.84 bits per heavy atom. The fraction of sp³-hybridized carbons (Fsp3) is 0.500. The summed E-state index contributed by atoms with van der Waals surface area (Å²) in [4.78, 5) is 11.6. The zero-order valence-electron chi connectivity index (χ0n) is 11.6. The maximum Gasteiger partial charge on any atom is 0.325 e. The lowest BCUT2D eigenvalue weighted by Crippen LogP contribution is -2.40. The van der Waals surface area contributed by atoms with Crippen molar-refractivity contribution in [1.29, 1.82) is 0 Å². The fourth-order valence-corrected chi connectivity index (χ4v) is 1.32. The Kier molecular flexibility index (Phi) is 7.68. The van der Waals surface area contributed by atoms with Crippen molar-refractivity contribution >= 4 is 18.4 Å². The van der Waals surface area contributed by atoms with Crippen LogP contribution in [0.4, 0.5) is 0 Å². The minimum absolute atomic E-state index is 0. The van der Waals surface area contributed by atoms with Gasteiger partial charge in [-0.25, -0.2) is 0 Å². The molecule has 1 rings (SSSR count). The quantitative estimate of drug-likeness (QED) is 0.844. The highest BCUT2D eigenvalue weighted by atomic mass is 35.5. The third kappa shape index (κ3) is 7.82. The highest BCUT2D eigenvalue weighted by molar-refractivity contribution is 5.85. The summed E-state index contributed by atoms with van der Waals surface area (Å²) in [7, 11) is 0. The topological polar surface area (TPSA) is 61.5 Å². The number of nitrogens with two attached hydrogens (primary N) is 1. The maximum absolute atomic E-state index is 11.6. The lowest BCUT2D eigenvalue weighted by atomic mass is 10.2. The molecule has 0 radical (unpaired) electrons. The summed E-state index contributed by atoms with van der Waals surface area (Å²) >= 11 is 0. The van der Waals surface area contributed by atoms with Gasteiger partial charge >= 0.3 is 5.97 Å². The number of hydrogen-bond donors (Lipinski definition) is 1. The Morgan fingerprint density at radius 3 is 2.37 bits per heavy atom. The summed E-state index contributed by atoms with van der Waals surface area (Å²) in [6, 6.07) is 8.99. The van der Waals surface area contributed by atoms with Crippen LogP contribution in [0.3, 0.4) is 0 Å². The average molecular weight is 288 g/mol. The molecule has 0 heterocycles. The summed E-state index contributed by atoms with van der Waals surface area (Å²) in [5.74, 6) is -0.435. The second kappa shape index (κ2) is 8.15. The number of hydrogen-bond acceptors (Lipinski definition) is 4. The van der Waals surface area contributed by atoms with Gasteiger partial charge < -0.3 is 15.2 Å². The van der Waals surface area contributed by atoms with Crippen LogP contribution in [0.5, 0.6) is 0 Å². The molecule has 5 heteroatoms. The van der Waals surface area contributed by atoms with Crippen LogP contribution in [0.2, 0.25) is 0 Å². The number of benzene rings is 1. The van der Waals surface area contributed by atoms with E-state index in [4.69, 9.17) is 15.2 Å². The third-order valence-electron chi connectivity index (χ3n) is 2.12. The maximum atomic E-state index is 11.6. The van der Waals surface area contributed by atoms with Crippen molar-refractivity contribution in [3.63, 3.8) is 0 Å². The molecule has 108 valence electrons. The molecule has 4 nitrogen and oxygen atoms in total. The van der Waals surface area contributed by atoms with Gasteiger partial charge in [0.1, 0.15) is 11.6 Å². The standard InChI is InChI=1S/C14H21NO3.ClH/c1-14(2,3)18-13(16)12(15)10-17-9-11-7-5-4-6-8-11;/h4-8,12H,9-10,15H2,1-3H3;1H. The first-order valence-corrected chi connectivity index (χ1v) is 5.98. The van der Waals surface area contributed by atoms with E-state index in [0.29, 0.717) is 6.61 Å². The van der Waals surface area contributed by atoms with Crippen LogP contribution < -0.4 is 5.73 Å². The van der Waals surface area contributed by atoms with Crippen LogP contribution in [0.15, 0.2) is 30.3 Å². The van der Waals surface area contributed by atoms with E-state index in [0.717, 1.165) is 5.56 Å². The van der Waals surface area contributed by atoms with Crippen molar-refractivity contribution in [3.8, 4) is 0 Å². The molecule has 1 unspecified atom stereocenters. The zero-order valence-corrected chi connectivity index (χ0v) is 12.4. The molecule has 0 bridgehead atoms. The molecule has 0 saturated heterocycles. The predicted molar refractivity (Wildman–Crippen MR) is 77.2 cm³/mol. The second-order valence-corrected chi connectivity index (χ2v) is 5.14. The van der Waals surface area contributed by atoms with Crippen molar-refractivity contribution in [3.05, 3.63) is 35.9 Å². The first-order valence-electron chi connectivity index (χ1n) is 5.98. The van der Waals surface area contributed by atoms with E-state index in [9.17, 15) is 4.79 Å². The molecule has 0 saturated carbocycles. The minimum atomic E-state index is -0.743. The van der Waals surface area contributed by atoms with Crippen LogP contribution in [-0.4, -0.2) is 24.2 Å². The molecule has 0 fully saturated rings. The van der Waals surface area contributed by atoms with Gasteiger partial charge in [-0.2, -0.15) is 0 Å². The Balaban J connectivity index is 0.00000324.